The Kier molecular flexibility index (Phi) is 7.31. The third-order valence-corrected chi connectivity index (χ3v) is 10.2. The Morgan fingerprint density at radius 1 is 0.286 bits per heavy atom. The van der Waals surface area contributed by atoms with Crippen LogP contribution in [-0.2, 0) is 0 Å². The summed E-state index contributed by atoms with van der Waals surface area (Å²) in [5.41, 5.74) is 11.0. The molecule has 0 atom stereocenters. The molecule has 0 spiro atoms. The molecular formula is C48H28N6O2. The minimum absolute atomic E-state index is 0.556. The van der Waals surface area contributed by atoms with Crippen molar-refractivity contribution in [3.05, 3.63) is 170 Å². The molecule has 0 N–H and O–H groups in total. The fourth-order valence-electron chi connectivity index (χ4n) is 7.41. The van der Waals surface area contributed by atoms with Crippen LogP contribution in [0.1, 0.15) is 0 Å². The number of para-hydroxylation sites is 2. The number of aromatic nitrogens is 6. The molecule has 0 fully saturated rings. The number of furan rings is 2. The summed E-state index contributed by atoms with van der Waals surface area (Å²) in [6.07, 6.45) is 2.99. The summed E-state index contributed by atoms with van der Waals surface area (Å²) in [7, 11) is 0. The van der Waals surface area contributed by atoms with Crippen LogP contribution >= 0.6 is 0 Å². The maximum Gasteiger partial charge on any atom is 0.164 e. The lowest BCUT2D eigenvalue weighted by Gasteiger charge is -2.13. The maximum atomic E-state index is 6.20. The van der Waals surface area contributed by atoms with E-state index in [-0.39, 0.29) is 0 Å². The Bertz CT molecular complexity index is 3120. The number of fused-ring (bicyclic) bond motifs is 6. The molecule has 11 rings (SSSR count). The highest BCUT2D eigenvalue weighted by Gasteiger charge is 2.17. The van der Waals surface area contributed by atoms with E-state index in [1.165, 1.54) is 12.7 Å². The van der Waals surface area contributed by atoms with E-state index in [2.05, 4.69) is 81.7 Å². The molecule has 8 heteroatoms. The van der Waals surface area contributed by atoms with Crippen molar-refractivity contribution in [3.63, 3.8) is 0 Å². The fraction of sp³-hybridized carbons (Fsp3) is 0. The molecule has 11 aromatic rings. The predicted molar refractivity (Wildman–Crippen MR) is 220 cm³/mol. The molecule has 7 aromatic carbocycles. The van der Waals surface area contributed by atoms with E-state index in [1.54, 1.807) is 0 Å². The van der Waals surface area contributed by atoms with Crippen molar-refractivity contribution in [2.24, 2.45) is 0 Å². The van der Waals surface area contributed by atoms with Crippen molar-refractivity contribution < 1.29 is 8.83 Å². The first-order valence-electron chi connectivity index (χ1n) is 18.2. The van der Waals surface area contributed by atoms with Crippen LogP contribution in [0.4, 0.5) is 0 Å². The van der Waals surface area contributed by atoms with Gasteiger partial charge in [-0.05, 0) is 76.9 Å². The monoisotopic (exact) mass is 720 g/mol. The minimum Gasteiger partial charge on any atom is -0.456 e. The molecule has 0 saturated carbocycles. The molecule has 0 aliphatic heterocycles. The third-order valence-electron chi connectivity index (χ3n) is 10.2. The van der Waals surface area contributed by atoms with Gasteiger partial charge in [-0.3, -0.25) is 0 Å². The summed E-state index contributed by atoms with van der Waals surface area (Å²) in [6, 6.07) is 53.5. The van der Waals surface area contributed by atoms with Gasteiger partial charge in [-0.2, -0.15) is 0 Å². The van der Waals surface area contributed by atoms with Crippen molar-refractivity contribution in [3.8, 4) is 67.8 Å². The Labute approximate surface area is 319 Å². The van der Waals surface area contributed by atoms with Crippen LogP contribution in [0, 0.1) is 0 Å². The lowest BCUT2D eigenvalue weighted by Crippen LogP contribution is -2.00. The molecule has 0 bridgehead atoms. The van der Waals surface area contributed by atoms with E-state index >= 15 is 0 Å². The van der Waals surface area contributed by atoms with Gasteiger partial charge in [0.25, 0.3) is 0 Å². The fourth-order valence-corrected chi connectivity index (χ4v) is 7.41. The van der Waals surface area contributed by atoms with Crippen molar-refractivity contribution in [1.82, 2.24) is 29.9 Å². The minimum atomic E-state index is 0.556. The summed E-state index contributed by atoms with van der Waals surface area (Å²) in [4.78, 5) is 27.8. The Hall–Kier alpha value is -7.84. The van der Waals surface area contributed by atoms with Gasteiger partial charge >= 0.3 is 0 Å². The Balaban J connectivity index is 1.11. The second-order valence-corrected chi connectivity index (χ2v) is 13.6. The molecule has 8 nitrogen and oxygen atoms in total. The van der Waals surface area contributed by atoms with Gasteiger partial charge < -0.3 is 8.83 Å². The van der Waals surface area contributed by atoms with Gasteiger partial charge in [0, 0.05) is 43.8 Å². The van der Waals surface area contributed by atoms with Crippen molar-refractivity contribution in [2.75, 3.05) is 0 Å². The molecule has 0 unspecified atom stereocenters. The second kappa shape index (κ2) is 12.9. The van der Waals surface area contributed by atoms with Gasteiger partial charge in [0.1, 0.15) is 35.0 Å². The van der Waals surface area contributed by atoms with Crippen LogP contribution in [0.5, 0.6) is 0 Å². The summed E-state index contributed by atoms with van der Waals surface area (Å²) in [5, 5.41) is 4.28. The lowest BCUT2D eigenvalue weighted by molar-refractivity contribution is 0.668. The zero-order valence-electron chi connectivity index (χ0n) is 29.7. The van der Waals surface area contributed by atoms with Crippen LogP contribution in [0.2, 0.25) is 0 Å². The lowest BCUT2D eigenvalue weighted by atomic mass is 9.94. The Morgan fingerprint density at radius 3 is 1.25 bits per heavy atom. The second-order valence-electron chi connectivity index (χ2n) is 13.6. The first-order chi connectivity index (χ1) is 27.7. The highest BCUT2D eigenvalue weighted by atomic mass is 16.3. The van der Waals surface area contributed by atoms with Crippen LogP contribution < -0.4 is 0 Å². The van der Waals surface area contributed by atoms with Gasteiger partial charge in [-0.25, -0.2) is 29.9 Å². The molecule has 0 amide bonds. The predicted octanol–water partition coefficient (Wildman–Crippen LogP) is 11.9. The van der Waals surface area contributed by atoms with Crippen LogP contribution in [-0.4, -0.2) is 29.9 Å². The average molecular weight is 721 g/mol. The quantitative estimate of drug-likeness (QED) is 0.167. The zero-order chi connectivity index (χ0) is 37.0. The number of rotatable bonds is 6. The average Bonchev–Trinajstić information content (AvgIpc) is 3.84. The first-order valence-corrected chi connectivity index (χ1v) is 18.2. The van der Waals surface area contributed by atoms with Crippen LogP contribution in [0.3, 0.4) is 0 Å². The SMILES string of the molecule is c1ccc(-c2nc(-c3ccc(-c4ncncn4)cc3)nc(-c3cc(-c4ccc5oc6ccccc6c5c4)cc(-c4ccc5oc6ccccc6c5c4)c3)n2)cc1. The van der Waals surface area contributed by atoms with E-state index in [9.17, 15) is 0 Å². The standard InChI is InChI=1S/C48H28N6O2/c1-2-8-29(9-3-1)46-52-47(31-16-14-30(15-17-31)45-50-27-49-28-51-45)54-48(53-46)36-23-34(32-18-20-43-39(25-32)37-10-4-6-12-41(37)55-43)22-35(24-36)33-19-21-44-40(26-33)38-11-5-7-13-42(38)56-44/h1-28H. The molecule has 0 aliphatic carbocycles. The summed E-state index contributed by atoms with van der Waals surface area (Å²) >= 11 is 0. The van der Waals surface area contributed by atoms with Crippen molar-refractivity contribution in [1.29, 1.82) is 0 Å². The van der Waals surface area contributed by atoms with Crippen LogP contribution in [0.25, 0.3) is 112 Å². The van der Waals surface area contributed by atoms with E-state index in [0.717, 1.165) is 88.4 Å². The van der Waals surface area contributed by atoms with Gasteiger partial charge in [-0.1, -0.05) is 103 Å². The molecule has 56 heavy (non-hydrogen) atoms. The van der Waals surface area contributed by atoms with Gasteiger partial charge in [-0.15, -0.1) is 0 Å². The topological polar surface area (TPSA) is 104 Å². The number of hydrogen-bond acceptors (Lipinski definition) is 8. The number of hydrogen-bond donors (Lipinski definition) is 0. The summed E-state index contributed by atoms with van der Waals surface area (Å²) < 4.78 is 12.4. The first kappa shape index (κ1) is 31.7. The summed E-state index contributed by atoms with van der Waals surface area (Å²) in [6.45, 7) is 0. The smallest absolute Gasteiger partial charge is 0.164 e. The third kappa shape index (κ3) is 5.56. The molecule has 0 radical (unpaired) electrons. The van der Waals surface area contributed by atoms with E-state index in [0.29, 0.717) is 23.3 Å². The van der Waals surface area contributed by atoms with Gasteiger partial charge in [0.2, 0.25) is 0 Å². The highest BCUT2D eigenvalue weighted by molar-refractivity contribution is 6.07. The molecule has 0 aliphatic rings. The van der Waals surface area contributed by atoms with Crippen molar-refractivity contribution >= 4 is 43.9 Å². The Morgan fingerprint density at radius 2 is 0.696 bits per heavy atom. The number of nitrogens with zero attached hydrogens (tertiary/aromatic N) is 6. The van der Waals surface area contributed by atoms with E-state index in [1.807, 2.05) is 91.0 Å². The number of benzene rings is 7. The van der Waals surface area contributed by atoms with Gasteiger partial charge in [0.15, 0.2) is 23.3 Å². The molecule has 0 saturated heterocycles. The molecule has 262 valence electrons. The molecular weight excluding hydrogens is 693 g/mol. The normalized spacial score (nSPS) is 11.6. The van der Waals surface area contributed by atoms with E-state index < -0.39 is 0 Å². The molecule has 4 heterocycles. The molecule has 4 aromatic heterocycles. The maximum absolute atomic E-state index is 6.20. The van der Waals surface area contributed by atoms with Crippen molar-refractivity contribution in [2.45, 2.75) is 0 Å². The summed E-state index contributed by atoms with van der Waals surface area (Å²) in [5.74, 6) is 2.29. The zero-order valence-corrected chi connectivity index (χ0v) is 29.7. The largest absolute Gasteiger partial charge is 0.456 e. The van der Waals surface area contributed by atoms with E-state index in [4.69, 9.17) is 23.8 Å². The highest BCUT2D eigenvalue weighted by Crippen LogP contribution is 2.38. The van der Waals surface area contributed by atoms with Crippen LogP contribution in [0.15, 0.2) is 179 Å². The van der Waals surface area contributed by atoms with Gasteiger partial charge in [0.05, 0.1) is 0 Å².